The number of quaternary nitrogens is 1. The molecule has 3 saturated heterocycles. The van der Waals surface area contributed by atoms with Crippen LogP contribution in [0.5, 0.6) is 0 Å². The Hall–Kier alpha value is -2.99. The van der Waals surface area contributed by atoms with Crippen LogP contribution in [0.25, 0.3) is 0 Å². The average Bonchev–Trinajstić information content (AvgIpc) is 3.47. The number of carbonyl (C=O) groups excluding carboxylic acids is 3. The Balaban J connectivity index is 1.57. The minimum atomic E-state index is -1.00. The van der Waals surface area contributed by atoms with E-state index in [1.807, 2.05) is 68.1 Å². The maximum Gasteiger partial charge on any atom is 0.294 e. The molecule has 6 nitrogen and oxygen atoms in total. The number of hydrogen-bond acceptors (Lipinski definition) is 3. The van der Waals surface area contributed by atoms with Crippen LogP contribution < -0.4 is 14.7 Å². The van der Waals surface area contributed by atoms with Crippen molar-refractivity contribution >= 4 is 29.1 Å². The van der Waals surface area contributed by atoms with Crippen molar-refractivity contribution in [1.29, 1.82) is 0 Å². The first-order valence-electron chi connectivity index (χ1n) is 11.7. The molecular formula is C26H28N3O3+. The average molecular weight is 431 g/mol. The molecule has 0 saturated carbocycles. The van der Waals surface area contributed by atoms with E-state index in [2.05, 4.69) is 0 Å². The van der Waals surface area contributed by atoms with E-state index in [4.69, 9.17) is 0 Å². The van der Waals surface area contributed by atoms with Gasteiger partial charge in [0.15, 0.2) is 0 Å². The maximum absolute atomic E-state index is 14.1. The molecule has 4 aliphatic heterocycles. The van der Waals surface area contributed by atoms with Gasteiger partial charge in [0.2, 0.25) is 17.4 Å². The summed E-state index contributed by atoms with van der Waals surface area (Å²) in [5, 5.41) is 0. The van der Waals surface area contributed by atoms with Crippen LogP contribution in [0.1, 0.15) is 36.5 Å². The first-order valence-corrected chi connectivity index (χ1v) is 11.7. The summed E-state index contributed by atoms with van der Waals surface area (Å²) in [6, 6.07) is 13.7. The monoisotopic (exact) mass is 430 g/mol. The molecule has 6 rings (SSSR count). The van der Waals surface area contributed by atoms with E-state index in [1.54, 1.807) is 0 Å². The summed E-state index contributed by atoms with van der Waals surface area (Å²) >= 11 is 0. The summed E-state index contributed by atoms with van der Waals surface area (Å²) in [6.07, 6.45) is 1.84. The Labute approximate surface area is 187 Å². The number of amides is 3. The third kappa shape index (κ3) is 2.11. The number of nitrogens with zero attached hydrogens (tertiary/aromatic N) is 2. The van der Waals surface area contributed by atoms with Gasteiger partial charge in [0.1, 0.15) is 17.9 Å². The summed E-state index contributed by atoms with van der Waals surface area (Å²) in [7, 11) is 0. The van der Waals surface area contributed by atoms with Gasteiger partial charge in [-0.3, -0.25) is 14.4 Å². The van der Waals surface area contributed by atoms with E-state index < -0.39 is 17.4 Å². The van der Waals surface area contributed by atoms with E-state index in [-0.39, 0.29) is 23.8 Å². The molecule has 4 aliphatic rings. The van der Waals surface area contributed by atoms with Crippen molar-refractivity contribution in [1.82, 2.24) is 0 Å². The predicted molar refractivity (Wildman–Crippen MR) is 120 cm³/mol. The number of aryl methyl sites for hydroxylation is 2. The lowest BCUT2D eigenvalue weighted by atomic mass is 9.75. The molecule has 1 unspecified atom stereocenters. The number of benzene rings is 2. The Kier molecular flexibility index (Phi) is 4.01. The van der Waals surface area contributed by atoms with E-state index in [0.717, 1.165) is 46.7 Å². The van der Waals surface area contributed by atoms with Crippen molar-refractivity contribution in [3.8, 4) is 0 Å². The number of likely N-dealkylation sites (N-methyl/N-ethyl adjacent to an activating group) is 1. The van der Waals surface area contributed by atoms with E-state index in [0.29, 0.717) is 12.2 Å². The molecule has 5 atom stereocenters. The minimum absolute atomic E-state index is 0.000941. The Morgan fingerprint density at radius 3 is 2.56 bits per heavy atom. The summed E-state index contributed by atoms with van der Waals surface area (Å²) < 4.78 is 0. The first-order chi connectivity index (χ1) is 15.4. The summed E-state index contributed by atoms with van der Waals surface area (Å²) in [4.78, 5) is 46.4. The standard InChI is InChI=1S/C26H27N3O3/c1-4-27-19-9-6-5-8-17(19)26(25(27)32)22-21(20-10-7-13-28(20)26)23(30)29(24(22)31)18-12-11-15(2)14-16(18)3/h5-6,8-9,11-12,14,20-22H,4,7,10,13H2,1-3H3/p+1/t20-,21+,22-,26-/m0/s1. The molecule has 0 aliphatic carbocycles. The van der Waals surface area contributed by atoms with E-state index >= 15 is 0 Å². The third-order valence-corrected chi connectivity index (χ3v) is 8.28. The highest BCUT2D eigenvalue weighted by molar-refractivity contribution is 6.25. The number of anilines is 2. The van der Waals surface area contributed by atoms with Gasteiger partial charge in [0, 0.05) is 24.9 Å². The number of para-hydroxylation sites is 1. The van der Waals surface area contributed by atoms with Gasteiger partial charge in [-0.1, -0.05) is 35.9 Å². The van der Waals surface area contributed by atoms with Crippen molar-refractivity contribution < 1.29 is 19.3 Å². The second-order valence-corrected chi connectivity index (χ2v) is 9.70. The zero-order valence-corrected chi connectivity index (χ0v) is 18.7. The number of hydrogen-bond donors (Lipinski definition) is 1. The van der Waals surface area contributed by atoms with Gasteiger partial charge in [-0.15, -0.1) is 0 Å². The maximum atomic E-state index is 14.1. The molecule has 32 heavy (non-hydrogen) atoms. The van der Waals surface area contributed by atoms with Crippen LogP contribution in [-0.4, -0.2) is 36.9 Å². The first kappa shape index (κ1) is 19.7. The van der Waals surface area contributed by atoms with Gasteiger partial charge in [0.25, 0.3) is 5.91 Å². The summed E-state index contributed by atoms with van der Waals surface area (Å²) in [6.45, 7) is 7.28. The highest BCUT2D eigenvalue weighted by Crippen LogP contribution is 2.53. The molecule has 2 aromatic carbocycles. The molecule has 2 aromatic rings. The number of rotatable bonds is 2. The van der Waals surface area contributed by atoms with Gasteiger partial charge < -0.3 is 9.80 Å². The van der Waals surface area contributed by atoms with Crippen molar-refractivity contribution in [2.24, 2.45) is 11.8 Å². The zero-order valence-electron chi connectivity index (χ0n) is 18.7. The highest BCUT2D eigenvalue weighted by Gasteiger charge is 2.79. The van der Waals surface area contributed by atoms with Crippen molar-refractivity contribution in [2.75, 3.05) is 22.9 Å². The SMILES string of the molecule is CCN1C(=O)[C@]2(c3ccccc31)[C@@H]1C(=O)N(c3ccc(C)cc3C)C(=O)[C@@H]1[C@@H]1CCC[NH+]12. The van der Waals surface area contributed by atoms with E-state index in [9.17, 15) is 14.4 Å². The second-order valence-electron chi connectivity index (χ2n) is 9.70. The molecule has 3 fully saturated rings. The molecular weight excluding hydrogens is 402 g/mol. The smallest absolute Gasteiger partial charge is 0.294 e. The largest absolute Gasteiger partial charge is 0.315 e. The summed E-state index contributed by atoms with van der Waals surface area (Å²) in [5.41, 5.74) is 3.46. The fourth-order valence-electron chi connectivity index (χ4n) is 7.21. The minimum Gasteiger partial charge on any atom is -0.315 e. The van der Waals surface area contributed by atoms with Gasteiger partial charge in [-0.2, -0.15) is 0 Å². The lowest BCUT2D eigenvalue weighted by Gasteiger charge is -2.34. The Bertz CT molecular complexity index is 1190. The number of nitrogens with one attached hydrogen (secondary N) is 1. The molecule has 1 N–H and O–H groups in total. The number of fused-ring (bicyclic) bond motifs is 7. The van der Waals surface area contributed by atoms with Crippen LogP contribution >= 0.6 is 0 Å². The molecule has 0 bridgehead atoms. The molecule has 0 radical (unpaired) electrons. The van der Waals surface area contributed by atoms with Crippen LogP contribution in [0.4, 0.5) is 11.4 Å². The fourth-order valence-corrected chi connectivity index (χ4v) is 7.21. The second kappa shape index (κ2) is 6.51. The normalized spacial score (nSPS) is 32.8. The Morgan fingerprint density at radius 1 is 1.03 bits per heavy atom. The van der Waals surface area contributed by atoms with Crippen LogP contribution in [0.15, 0.2) is 42.5 Å². The number of imide groups is 1. The van der Waals surface area contributed by atoms with Gasteiger partial charge >= 0.3 is 0 Å². The van der Waals surface area contributed by atoms with Crippen molar-refractivity contribution in [3.05, 3.63) is 59.2 Å². The van der Waals surface area contributed by atoms with Crippen molar-refractivity contribution in [2.45, 2.75) is 45.2 Å². The molecule has 1 spiro atoms. The predicted octanol–water partition coefficient (Wildman–Crippen LogP) is 1.73. The molecule has 4 heterocycles. The van der Waals surface area contributed by atoms with Gasteiger partial charge in [0.05, 0.1) is 17.9 Å². The molecule has 0 aromatic heterocycles. The van der Waals surface area contributed by atoms with Crippen LogP contribution in [0.3, 0.4) is 0 Å². The third-order valence-electron chi connectivity index (χ3n) is 8.28. The van der Waals surface area contributed by atoms with Gasteiger partial charge in [-0.25, -0.2) is 4.90 Å². The van der Waals surface area contributed by atoms with Crippen LogP contribution in [0, 0.1) is 25.7 Å². The Morgan fingerprint density at radius 2 is 1.81 bits per heavy atom. The molecule has 164 valence electrons. The van der Waals surface area contributed by atoms with Crippen molar-refractivity contribution in [3.63, 3.8) is 0 Å². The topological polar surface area (TPSA) is 62.1 Å². The van der Waals surface area contributed by atoms with E-state index in [1.165, 1.54) is 4.90 Å². The highest BCUT2D eigenvalue weighted by atomic mass is 16.2. The van der Waals surface area contributed by atoms with Crippen LogP contribution in [-0.2, 0) is 19.9 Å². The quantitative estimate of drug-likeness (QED) is 0.739. The fraction of sp³-hybridized carbons (Fsp3) is 0.423. The lowest BCUT2D eigenvalue weighted by Crippen LogP contribution is -3.20. The lowest BCUT2D eigenvalue weighted by molar-refractivity contribution is -0.948. The molecule has 6 heteroatoms. The van der Waals surface area contributed by atoms with Gasteiger partial charge in [-0.05, 0) is 38.5 Å². The summed E-state index contributed by atoms with van der Waals surface area (Å²) in [5.74, 6) is -1.46. The van der Waals surface area contributed by atoms with Crippen LogP contribution in [0.2, 0.25) is 0 Å². The zero-order chi connectivity index (χ0) is 22.4. The molecule has 3 amide bonds. The number of carbonyl (C=O) groups is 3.